The van der Waals surface area contributed by atoms with E-state index in [1.54, 1.807) is 11.0 Å². The fourth-order valence-electron chi connectivity index (χ4n) is 3.41. The Labute approximate surface area is 153 Å². The summed E-state index contributed by atoms with van der Waals surface area (Å²) in [6, 6.07) is 9.47. The molecule has 0 spiro atoms. The second kappa shape index (κ2) is 9.12. The summed E-state index contributed by atoms with van der Waals surface area (Å²) >= 11 is 0. The zero-order valence-electron chi connectivity index (χ0n) is 14.8. The average Bonchev–Trinajstić information content (AvgIpc) is 3.34. The molecule has 26 heavy (non-hydrogen) atoms. The molecule has 1 aliphatic rings. The Bertz CT molecular complexity index is 696. The third-order valence-electron chi connectivity index (χ3n) is 4.77. The molecule has 1 heterocycles. The minimum absolute atomic E-state index is 0.00769. The highest BCUT2D eigenvalue weighted by atomic mass is 16.2. The van der Waals surface area contributed by atoms with Gasteiger partial charge in [-0.15, -0.1) is 0 Å². The molecule has 1 fully saturated rings. The normalized spacial score (nSPS) is 15.5. The number of amides is 2. The van der Waals surface area contributed by atoms with Crippen molar-refractivity contribution in [2.24, 2.45) is 5.92 Å². The lowest BCUT2D eigenvalue weighted by Crippen LogP contribution is -2.40. The van der Waals surface area contributed by atoms with Crippen molar-refractivity contribution in [3.05, 3.63) is 48.5 Å². The molecule has 2 N–H and O–H groups in total. The second-order valence-electron chi connectivity index (χ2n) is 6.78. The maximum Gasteiger partial charge on any atom is 0.239 e. The summed E-state index contributed by atoms with van der Waals surface area (Å²) in [7, 11) is 0. The van der Waals surface area contributed by atoms with E-state index in [1.165, 1.54) is 19.2 Å². The molecule has 7 nitrogen and oxygen atoms in total. The van der Waals surface area contributed by atoms with Gasteiger partial charge in [0, 0.05) is 6.42 Å². The van der Waals surface area contributed by atoms with E-state index in [2.05, 4.69) is 20.7 Å². The van der Waals surface area contributed by atoms with Crippen LogP contribution in [0.2, 0.25) is 0 Å². The van der Waals surface area contributed by atoms with E-state index >= 15 is 0 Å². The van der Waals surface area contributed by atoms with E-state index in [9.17, 15) is 9.59 Å². The standard InChI is InChI=1S/C19H25N5O2/c25-18(10-15-6-4-5-7-15)21-11-19(26)23-17(12-24-14-20-13-22-24)16-8-2-1-3-9-16/h1-3,8-9,13-15,17H,4-7,10-12H2,(H,21,25)(H,23,26)/t17-/m1/s1. The van der Waals surface area contributed by atoms with E-state index in [0.717, 1.165) is 18.4 Å². The predicted molar refractivity (Wildman–Crippen MR) is 96.9 cm³/mol. The summed E-state index contributed by atoms with van der Waals surface area (Å²) in [6.45, 7) is 0.470. The quantitative estimate of drug-likeness (QED) is 0.756. The van der Waals surface area contributed by atoms with Crippen LogP contribution in [0.25, 0.3) is 0 Å². The SMILES string of the molecule is O=C(CC1CCCC1)NCC(=O)N[C@H](Cn1cncn1)c1ccccc1. The molecule has 1 aromatic carbocycles. The smallest absolute Gasteiger partial charge is 0.239 e. The number of aromatic nitrogens is 3. The van der Waals surface area contributed by atoms with Crippen molar-refractivity contribution < 1.29 is 9.59 Å². The Morgan fingerprint density at radius 3 is 2.62 bits per heavy atom. The molecule has 1 aromatic heterocycles. The van der Waals surface area contributed by atoms with E-state index in [1.807, 2.05) is 30.3 Å². The molecule has 1 saturated carbocycles. The Balaban J connectivity index is 1.52. The summed E-state index contributed by atoms with van der Waals surface area (Å²) < 4.78 is 1.68. The first kappa shape index (κ1) is 18.1. The van der Waals surface area contributed by atoms with Crippen LogP contribution in [0.1, 0.15) is 43.7 Å². The Morgan fingerprint density at radius 1 is 1.15 bits per heavy atom. The molecule has 0 bridgehead atoms. The average molecular weight is 355 g/mol. The lowest BCUT2D eigenvalue weighted by Gasteiger charge is -2.19. The lowest BCUT2D eigenvalue weighted by molar-refractivity contribution is -0.127. The summed E-state index contributed by atoms with van der Waals surface area (Å²) in [4.78, 5) is 28.3. The number of nitrogens with one attached hydrogen (secondary N) is 2. The van der Waals surface area contributed by atoms with Gasteiger partial charge in [0.1, 0.15) is 12.7 Å². The van der Waals surface area contributed by atoms with Gasteiger partial charge in [-0.25, -0.2) is 4.98 Å². The summed E-state index contributed by atoms with van der Waals surface area (Å²) in [5, 5.41) is 9.82. The molecule has 0 saturated heterocycles. The zero-order chi connectivity index (χ0) is 18.2. The van der Waals surface area contributed by atoms with Gasteiger partial charge in [-0.2, -0.15) is 5.10 Å². The van der Waals surface area contributed by atoms with Gasteiger partial charge in [0.15, 0.2) is 0 Å². The highest BCUT2D eigenvalue weighted by Gasteiger charge is 2.20. The lowest BCUT2D eigenvalue weighted by atomic mass is 10.0. The minimum Gasteiger partial charge on any atom is -0.347 e. The van der Waals surface area contributed by atoms with Gasteiger partial charge < -0.3 is 10.6 Å². The molecule has 0 aliphatic heterocycles. The van der Waals surface area contributed by atoms with E-state index in [0.29, 0.717) is 18.9 Å². The molecule has 2 aromatic rings. The van der Waals surface area contributed by atoms with Gasteiger partial charge in [0.25, 0.3) is 0 Å². The van der Waals surface area contributed by atoms with E-state index in [-0.39, 0.29) is 24.4 Å². The van der Waals surface area contributed by atoms with E-state index in [4.69, 9.17) is 0 Å². The molecule has 2 amide bonds. The van der Waals surface area contributed by atoms with Gasteiger partial charge in [-0.1, -0.05) is 43.2 Å². The first-order chi connectivity index (χ1) is 12.7. The Kier molecular flexibility index (Phi) is 6.35. The van der Waals surface area contributed by atoms with Gasteiger partial charge in [-0.3, -0.25) is 14.3 Å². The molecular formula is C19H25N5O2. The highest BCUT2D eigenvalue weighted by molar-refractivity contribution is 5.85. The van der Waals surface area contributed by atoms with Gasteiger partial charge in [-0.05, 0) is 24.3 Å². The molecular weight excluding hydrogens is 330 g/mol. The molecule has 0 unspecified atom stereocenters. The van der Waals surface area contributed by atoms with Gasteiger partial charge in [0.2, 0.25) is 11.8 Å². The highest BCUT2D eigenvalue weighted by Crippen LogP contribution is 2.27. The monoisotopic (exact) mass is 355 g/mol. The van der Waals surface area contributed by atoms with Gasteiger partial charge >= 0.3 is 0 Å². The fraction of sp³-hybridized carbons (Fsp3) is 0.474. The second-order valence-corrected chi connectivity index (χ2v) is 6.78. The molecule has 138 valence electrons. The Hall–Kier alpha value is -2.70. The van der Waals surface area contributed by atoms with Crippen LogP contribution in [-0.2, 0) is 16.1 Å². The largest absolute Gasteiger partial charge is 0.347 e. The number of nitrogens with zero attached hydrogens (tertiary/aromatic N) is 3. The summed E-state index contributed by atoms with van der Waals surface area (Å²) in [6.07, 6.45) is 8.26. The van der Waals surface area contributed by atoms with Crippen molar-refractivity contribution in [1.29, 1.82) is 0 Å². The van der Waals surface area contributed by atoms with Crippen molar-refractivity contribution in [1.82, 2.24) is 25.4 Å². The van der Waals surface area contributed by atoms with Crippen molar-refractivity contribution in [3.8, 4) is 0 Å². The van der Waals surface area contributed by atoms with Crippen LogP contribution in [0.3, 0.4) is 0 Å². The molecule has 1 atom stereocenters. The van der Waals surface area contributed by atoms with Gasteiger partial charge in [0.05, 0.1) is 19.1 Å². The van der Waals surface area contributed by atoms with Crippen molar-refractivity contribution >= 4 is 11.8 Å². The molecule has 7 heteroatoms. The number of benzene rings is 1. The van der Waals surface area contributed by atoms with Crippen molar-refractivity contribution in [2.45, 2.75) is 44.7 Å². The molecule has 1 aliphatic carbocycles. The molecule has 3 rings (SSSR count). The van der Waals surface area contributed by atoms with Crippen LogP contribution in [-0.4, -0.2) is 33.1 Å². The van der Waals surface area contributed by atoms with Crippen LogP contribution in [0.4, 0.5) is 0 Å². The van der Waals surface area contributed by atoms with Crippen LogP contribution < -0.4 is 10.6 Å². The van der Waals surface area contributed by atoms with Crippen LogP contribution in [0.5, 0.6) is 0 Å². The third-order valence-corrected chi connectivity index (χ3v) is 4.77. The minimum atomic E-state index is -0.239. The first-order valence-corrected chi connectivity index (χ1v) is 9.14. The zero-order valence-corrected chi connectivity index (χ0v) is 14.8. The molecule has 0 radical (unpaired) electrons. The number of hydrogen-bond acceptors (Lipinski definition) is 4. The summed E-state index contributed by atoms with van der Waals surface area (Å²) in [5.41, 5.74) is 0.980. The topological polar surface area (TPSA) is 88.9 Å². The van der Waals surface area contributed by atoms with Crippen molar-refractivity contribution in [2.75, 3.05) is 6.54 Å². The van der Waals surface area contributed by atoms with Crippen LogP contribution in [0, 0.1) is 5.92 Å². The third kappa shape index (κ3) is 5.40. The number of hydrogen-bond donors (Lipinski definition) is 2. The number of rotatable bonds is 8. The maximum atomic E-state index is 12.3. The van der Waals surface area contributed by atoms with Crippen LogP contribution >= 0.6 is 0 Å². The van der Waals surface area contributed by atoms with Crippen LogP contribution in [0.15, 0.2) is 43.0 Å². The maximum absolute atomic E-state index is 12.3. The first-order valence-electron chi connectivity index (χ1n) is 9.14. The predicted octanol–water partition coefficient (Wildman–Crippen LogP) is 1.83. The Morgan fingerprint density at radius 2 is 1.92 bits per heavy atom. The number of carbonyl (C=O) groups is 2. The fourth-order valence-corrected chi connectivity index (χ4v) is 3.41. The number of carbonyl (C=O) groups excluding carboxylic acids is 2. The van der Waals surface area contributed by atoms with E-state index < -0.39 is 0 Å². The van der Waals surface area contributed by atoms with Crippen molar-refractivity contribution in [3.63, 3.8) is 0 Å². The summed E-state index contributed by atoms with van der Waals surface area (Å²) in [5.74, 6) is 0.223.